The molecule has 1 saturated heterocycles. The second-order valence-corrected chi connectivity index (χ2v) is 6.39. The maximum Gasteiger partial charge on any atom is 0.416 e. The monoisotopic (exact) mass is 342 g/mol. The van der Waals surface area contributed by atoms with Crippen molar-refractivity contribution in [2.24, 2.45) is 0 Å². The number of hydrogen-bond donors (Lipinski definition) is 0. The molecule has 2 nitrogen and oxygen atoms in total. The highest BCUT2D eigenvalue weighted by Crippen LogP contribution is 2.36. The normalized spacial score (nSPS) is 22.6. The minimum Gasteiger partial charge on any atom is -0.343 e. The third-order valence-corrected chi connectivity index (χ3v) is 4.71. The van der Waals surface area contributed by atoms with Gasteiger partial charge in [-0.2, -0.15) is 13.2 Å². The van der Waals surface area contributed by atoms with Crippen LogP contribution in [0.1, 0.15) is 18.4 Å². The average Bonchev–Trinajstić information content (AvgIpc) is 2.92. The Hall–Kier alpha value is -1.46. The highest BCUT2D eigenvalue weighted by molar-refractivity contribution is 6.33. The highest BCUT2D eigenvalue weighted by atomic mass is 35.5. The van der Waals surface area contributed by atoms with Gasteiger partial charge in [0.25, 0.3) is 0 Å². The van der Waals surface area contributed by atoms with Crippen molar-refractivity contribution in [3.05, 3.63) is 52.7 Å². The van der Waals surface area contributed by atoms with E-state index in [0.29, 0.717) is 18.3 Å². The third kappa shape index (κ3) is 3.40. The minimum atomic E-state index is -4.38. The van der Waals surface area contributed by atoms with Gasteiger partial charge in [-0.05, 0) is 50.2 Å². The fourth-order valence-corrected chi connectivity index (χ4v) is 3.48. The molecule has 1 aromatic rings. The Morgan fingerprint density at radius 3 is 2.65 bits per heavy atom. The van der Waals surface area contributed by atoms with Crippen LogP contribution in [0.15, 0.2) is 42.1 Å². The molecule has 2 aliphatic rings. The molecule has 124 valence electrons. The van der Waals surface area contributed by atoms with E-state index in [0.717, 1.165) is 31.5 Å². The quantitative estimate of drug-likeness (QED) is 0.767. The Kier molecular flexibility index (Phi) is 4.43. The summed E-state index contributed by atoms with van der Waals surface area (Å²) in [5.74, 6) is 0. The van der Waals surface area contributed by atoms with Crippen LogP contribution >= 0.6 is 11.6 Å². The zero-order chi connectivity index (χ0) is 16.6. The number of likely N-dealkylation sites (tertiary alicyclic amines) is 1. The second kappa shape index (κ2) is 6.21. The molecule has 0 aliphatic carbocycles. The maximum absolute atomic E-state index is 12.8. The van der Waals surface area contributed by atoms with E-state index < -0.39 is 11.7 Å². The summed E-state index contributed by atoms with van der Waals surface area (Å²) in [7, 11) is 2.09. The average molecular weight is 343 g/mol. The molecular weight excluding hydrogens is 325 g/mol. The first-order valence-electron chi connectivity index (χ1n) is 7.58. The second-order valence-electron chi connectivity index (χ2n) is 5.99. The SMILES string of the molecule is CN1CCCC1C1=CN(c2ccc(C(F)(F)F)cc2Cl)CC=C1. The number of benzene rings is 1. The summed E-state index contributed by atoms with van der Waals surface area (Å²) in [4.78, 5) is 4.21. The Labute approximate surface area is 138 Å². The number of alkyl halides is 3. The van der Waals surface area contributed by atoms with Gasteiger partial charge in [-0.25, -0.2) is 0 Å². The van der Waals surface area contributed by atoms with Crippen LogP contribution in [0.25, 0.3) is 0 Å². The largest absolute Gasteiger partial charge is 0.416 e. The number of halogens is 4. The first-order valence-corrected chi connectivity index (χ1v) is 7.96. The zero-order valence-electron chi connectivity index (χ0n) is 12.8. The minimum absolute atomic E-state index is 0.116. The molecule has 0 aromatic heterocycles. The molecule has 1 aromatic carbocycles. The molecule has 0 bridgehead atoms. The van der Waals surface area contributed by atoms with Crippen LogP contribution in [0.4, 0.5) is 18.9 Å². The van der Waals surface area contributed by atoms with Gasteiger partial charge in [0.1, 0.15) is 0 Å². The third-order valence-electron chi connectivity index (χ3n) is 4.41. The number of nitrogens with zero attached hydrogens (tertiary/aromatic N) is 2. The lowest BCUT2D eigenvalue weighted by atomic mass is 10.0. The summed E-state index contributed by atoms with van der Waals surface area (Å²) in [5, 5.41) is 0.116. The lowest BCUT2D eigenvalue weighted by molar-refractivity contribution is -0.137. The van der Waals surface area contributed by atoms with Crippen LogP contribution in [0.3, 0.4) is 0 Å². The van der Waals surface area contributed by atoms with Gasteiger partial charge in [0.05, 0.1) is 16.3 Å². The Balaban J connectivity index is 1.87. The van der Waals surface area contributed by atoms with Gasteiger partial charge < -0.3 is 4.90 Å². The van der Waals surface area contributed by atoms with Crippen LogP contribution in [0.5, 0.6) is 0 Å². The van der Waals surface area contributed by atoms with E-state index >= 15 is 0 Å². The van der Waals surface area contributed by atoms with E-state index in [1.165, 1.54) is 11.6 Å². The summed E-state index contributed by atoms with van der Waals surface area (Å²) in [6.45, 7) is 1.67. The Bertz CT molecular complexity index is 652. The molecule has 0 amide bonds. The van der Waals surface area contributed by atoms with E-state index in [2.05, 4.69) is 18.0 Å². The van der Waals surface area contributed by atoms with Crippen LogP contribution in [0, 0.1) is 0 Å². The van der Waals surface area contributed by atoms with Crippen LogP contribution < -0.4 is 4.90 Å². The fraction of sp³-hybridized carbons (Fsp3) is 0.412. The van der Waals surface area contributed by atoms with Crippen molar-refractivity contribution in [1.29, 1.82) is 0 Å². The molecule has 0 radical (unpaired) electrons. The van der Waals surface area contributed by atoms with Crippen LogP contribution in [-0.2, 0) is 6.18 Å². The standard InChI is InChI=1S/C17H18ClF3N2/c1-22-8-3-5-15(22)12-4-2-9-23(11-12)16-7-6-13(10-14(16)18)17(19,20)21/h2,4,6-7,10-11,15H,3,5,8-9H2,1H3. The van der Waals surface area contributed by atoms with Crippen molar-refractivity contribution in [1.82, 2.24) is 4.90 Å². The number of anilines is 1. The molecule has 6 heteroatoms. The van der Waals surface area contributed by atoms with Crippen molar-refractivity contribution < 1.29 is 13.2 Å². The highest BCUT2D eigenvalue weighted by Gasteiger charge is 2.31. The van der Waals surface area contributed by atoms with Crippen molar-refractivity contribution in [2.75, 3.05) is 25.0 Å². The van der Waals surface area contributed by atoms with Gasteiger partial charge in [-0.3, -0.25) is 4.90 Å². The number of hydrogen-bond acceptors (Lipinski definition) is 2. The summed E-state index contributed by atoms with van der Waals surface area (Å²) in [6.07, 6.45) is 4.00. The van der Waals surface area contributed by atoms with Crippen molar-refractivity contribution >= 4 is 17.3 Å². The van der Waals surface area contributed by atoms with Gasteiger partial charge in [-0.15, -0.1) is 0 Å². The summed E-state index contributed by atoms with van der Waals surface area (Å²) in [6, 6.07) is 3.87. The summed E-state index contributed by atoms with van der Waals surface area (Å²) in [5.41, 5.74) is 1.05. The lowest BCUT2D eigenvalue weighted by Crippen LogP contribution is -2.30. The Morgan fingerprint density at radius 2 is 2.04 bits per heavy atom. The van der Waals surface area contributed by atoms with Gasteiger partial charge in [-0.1, -0.05) is 23.8 Å². The van der Waals surface area contributed by atoms with Crippen molar-refractivity contribution in [3.8, 4) is 0 Å². The first kappa shape index (κ1) is 16.4. The molecule has 0 N–H and O–H groups in total. The van der Waals surface area contributed by atoms with Crippen molar-refractivity contribution in [2.45, 2.75) is 25.1 Å². The predicted molar refractivity (Wildman–Crippen MR) is 86.7 cm³/mol. The molecule has 1 unspecified atom stereocenters. The molecule has 1 atom stereocenters. The molecule has 2 aliphatic heterocycles. The van der Waals surface area contributed by atoms with E-state index in [9.17, 15) is 13.2 Å². The summed E-state index contributed by atoms with van der Waals surface area (Å²) >= 11 is 6.10. The zero-order valence-corrected chi connectivity index (χ0v) is 13.5. The van der Waals surface area contributed by atoms with E-state index in [1.54, 1.807) is 0 Å². The fourth-order valence-electron chi connectivity index (χ4n) is 3.19. The number of likely N-dealkylation sites (N-methyl/N-ethyl adjacent to an activating group) is 1. The Morgan fingerprint density at radius 1 is 1.26 bits per heavy atom. The van der Waals surface area contributed by atoms with Crippen LogP contribution in [-0.4, -0.2) is 31.1 Å². The topological polar surface area (TPSA) is 6.48 Å². The van der Waals surface area contributed by atoms with Crippen LogP contribution in [0.2, 0.25) is 5.02 Å². The van der Waals surface area contributed by atoms with Gasteiger partial charge in [0.2, 0.25) is 0 Å². The molecular formula is C17H18ClF3N2. The summed E-state index contributed by atoms with van der Waals surface area (Å²) < 4.78 is 38.3. The van der Waals surface area contributed by atoms with Gasteiger partial charge in [0, 0.05) is 18.8 Å². The molecule has 0 spiro atoms. The van der Waals surface area contributed by atoms with Gasteiger partial charge in [0.15, 0.2) is 0 Å². The predicted octanol–water partition coefficient (Wildman–Crippen LogP) is 4.71. The van der Waals surface area contributed by atoms with Crippen molar-refractivity contribution in [3.63, 3.8) is 0 Å². The molecule has 23 heavy (non-hydrogen) atoms. The first-order chi connectivity index (χ1) is 10.9. The molecule has 2 heterocycles. The lowest BCUT2D eigenvalue weighted by Gasteiger charge is -2.29. The van der Waals surface area contributed by atoms with E-state index in [4.69, 9.17) is 11.6 Å². The molecule has 0 saturated carbocycles. The van der Waals surface area contributed by atoms with E-state index in [1.807, 2.05) is 17.2 Å². The smallest absolute Gasteiger partial charge is 0.343 e. The number of rotatable bonds is 2. The van der Waals surface area contributed by atoms with E-state index in [-0.39, 0.29) is 5.02 Å². The molecule has 3 rings (SSSR count). The maximum atomic E-state index is 12.8. The molecule has 1 fully saturated rings. The van der Waals surface area contributed by atoms with Gasteiger partial charge >= 0.3 is 6.18 Å².